The minimum Gasteiger partial charge on any atom is -0.497 e. The number of thiophene rings is 1. The molecule has 1 aliphatic carbocycles. The highest BCUT2D eigenvalue weighted by atomic mass is 32.2. The molecule has 0 radical (unpaired) electrons. The van der Waals surface area contributed by atoms with E-state index in [1.54, 1.807) is 13.2 Å². The lowest BCUT2D eigenvalue weighted by Gasteiger charge is -2.22. The largest absolute Gasteiger partial charge is 0.497 e. The van der Waals surface area contributed by atoms with Crippen molar-refractivity contribution in [2.24, 2.45) is 0 Å². The average molecular weight is 551 g/mol. The highest BCUT2D eigenvalue weighted by molar-refractivity contribution is 7.99. The SMILES string of the molecule is COc1ccc(-c2ccc(C#N)c(SCCC(=O)Nc3sc4c(c3C#N)CCC(c3ccccc3)C4)n2)cc1. The van der Waals surface area contributed by atoms with E-state index in [9.17, 15) is 15.3 Å². The van der Waals surface area contributed by atoms with Gasteiger partial charge in [0.25, 0.3) is 0 Å². The number of carbonyl (C=O) groups excluding carboxylic acids is 1. The van der Waals surface area contributed by atoms with E-state index < -0.39 is 0 Å². The van der Waals surface area contributed by atoms with E-state index in [2.05, 4.69) is 46.7 Å². The summed E-state index contributed by atoms with van der Waals surface area (Å²) in [5.74, 6) is 1.50. The van der Waals surface area contributed by atoms with E-state index in [-0.39, 0.29) is 12.3 Å². The number of rotatable bonds is 8. The Kier molecular flexibility index (Phi) is 8.27. The molecule has 2 heterocycles. The summed E-state index contributed by atoms with van der Waals surface area (Å²) in [6.45, 7) is 0. The van der Waals surface area contributed by atoms with Gasteiger partial charge in [-0.25, -0.2) is 4.98 Å². The number of pyridine rings is 1. The number of nitrogens with one attached hydrogen (secondary N) is 1. The van der Waals surface area contributed by atoms with Gasteiger partial charge in [0, 0.05) is 22.6 Å². The third-order valence-corrected chi connectivity index (χ3v) is 9.00. The zero-order valence-corrected chi connectivity index (χ0v) is 23.1. The van der Waals surface area contributed by atoms with Crippen molar-refractivity contribution in [2.75, 3.05) is 18.2 Å². The van der Waals surface area contributed by atoms with Gasteiger partial charge >= 0.3 is 0 Å². The highest BCUT2D eigenvalue weighted by Gasteiger charge is 2.27. The molecule has 2 aromatic carbocycles. The quantitative estimate of drug-likeness (QED) is 0.238. The molecular formula is C31H26N4O2S2. The lowest BCUT2D eigenvalue weighted by molar-refractivity contribution is -0.115. The van der Waals surface area contributed by atoms with Crippen LogP contribution < -0.4 is 10.1 Å². The summed E-state index contributed by atoms with van der Waals surface area (Å²) in [5, 5.41) is 23.6. The normalized spacial score (nSPS) is 14.1. The number of nitriles is 2. The third-order valence-electron chi connectivity index (χ3n) is 6.84. The fourth-order valence-corrected chi connectivity index (χ4v) is 7.00. The van der Waals surface area contributed by atoms with Crippen molar-refractivity contribution in [1.82, 2.24) is 4.98 Å². The number of anilines is 1. The van der Waals surface area contributed by atoms with Crippen molar-refractivity contribution >= 4 is 34.0 Å². The summed E-state index contributed by atoms with van der Waals surface area (Å²) in [7, 11) is 1.62. The molecule has 6 nitrogen and oxygen atoms in total. The van der Waals surface area contributed by atoms with Gasteiger partial charge in [-0.3, -0.25) is 4.79 Å². The van der Waals surface area contributed by atoms with Crippen LogP contribution in [0.4, 0.5) is 5.00 Å². The molecule has 1 N–H and O–H groups in total. The monoisotopic (exact) mass is 550 g/mol. The first-order chi connectivity index (χ1) is 19.1. The van der Waals surface area contributed by atoms with Crippen molar-refractivity contribution in [2.45, 2.75) is 36.6 Å². The molecule has 1 aliphatic rings. The molecule has 8 heteroatoms. The number of aromatic nitrogens is 1. The van der Waals surface area contributed by atoms with Crippen LogP contribution in [0.25, 0.3) is 11.3 Å². The Bertz CT molecular complexity index is 1570. The molecule has 0 saturated carbocycles. The smallest absolute Gasteiger partial charge is 0.225 e. The predicted molar refractivity (Wildman–Crippen MR) is 155 cm³/mol. The predicted octanol–water partition coefficient (Wildman–Crippen LogP) is 6.96. The Balaban J connectivity index is 1.23. The summed E-state index contributed by atoms with van der Waals surface area (Å²) >= 11 is 2.91. The van der Waals surface area contributed by atoms with E-state index >= 15 is 0 Å². The molecule has 5 rings (SSSR count). The second-order valence-corrected chi connectivity index (χ2v) is 11.4. The zero-order valence-electron chi connectivity index (χ0n) is 21.4. The van der Waals surface area contributed by atoms with Gasteiger partial charge in [-0.2, -0.15) is 10.5 Å². The number of benzene rings is 2. The van der Waals surface area contributed by atoms with Crippen LogP contribution in [0, 0.1) is 22.7 Å². The lowest BCUT2D eigenvalue weighted by atomic mass is 9.83. The van der Waals surface area contributed by atoms with Crippen LogP contribution in [-0.2, 0) is 17.6 Å². The zero-order chi connectivity index (χ0) is 27.2. The number of nitrogens with zero attached hydrogens (tertiary/aromatic N) is 3. The van der Waals surface area contributed by atoms with Gasteiger partial charge in [0.15, 0.2) is 0 Å². The van der Waals surface area contributed by atoms with Crippen molar-refractivity contribution in [1.29, 1.82) is 10.5 Å². The first kappa shape index (κ1) is 26.5. The molecule has 1 atom stereocenters. The maximum absolute atomic E-state index is 12.8. The fourth-order valence-electron chi connectivity index (χ4n) is 4.79. The molecular weight excluding hydrogens is 525 g/mol. The molecule has 1 amide bonds. The molecule has 0 saturated heterocycles. The van der Waals surface area contributed by atoms with Crippen LogP contribution in [0.3, 0.4) is 0 Å². The fraction of sp³-hybridized carbons (Fsp3) is 0.226. The molecule has 0 fully saturated rings. The molecule has 39 heavy (non-hydrogen) atoms. The standard InChI is InChI=1S/C31H26N4O2S2/c1-37-24-11-7-21(8-12-24)27-14-10-23(18-32)30(34-27)38-16-15-29(36)35-31-26(19-33)25-13-9-22(17-28(25)39-31)20-5-3-2-4-6-20/h2-8,10-12,14,22H,9,13,15-17H2,1H3,(H,35,36). The van der Waals surface area contributed by atoms with E-state index in [1.165, 1.54) is 33.5 Å². The van der Waals surface area contributed by atoms with Gasteiger partial charge in [-0.05, 0) is 72.7 Å². The maximum atomic E-state index is 12.8. The van der Waals surface area contributed by atoms with E-state index in [4.69, 9.17) is 4.74 Å². The Morgan fingerprint density at radius 2 is 1.90 bits per heavy atom. The number of carbonyl (C=O) groups is 1. The topological polar surface area (TPSA) is 98.8 Å². The number of methoxy groups -OCH3 is 1. The second-order valence-electron chi connectivity index (χ2n) is 9.21. The van der Waals surface area contributed by atoms with Crippen molar-refractivity contribution in [3.8, 4) is 29.1 Å². The Labute approximate surface area is 236 Å². The minimum absolute atomic E-state index is 0.151. The summed E-state index contributed by atoms with van der Waals surface area (Å²) < 4.78 is 5.22. The van der Waals surface area contributed by atoms with Gasteiger partial charge in [-0.1, -0.05) is 30.3 Å². The number of hydrogen-bond donors (Lipinski definition) is 1. The van der Waals surface area contributed by atoms with Crippen LogP contribution in [0.2, 0.25) is 0 Å². The molecule has 1 unspecified atom stereocenters. The van der Waals surface area contributed by atoms with Crippen molar-refractivity contribution in [3.63, 3.8) is 0 Å². The van der Waals surface area contributed by atoms with E-state index in [1.807, 2.05) is 36.4 Å². The number of ether oxygens (including phenoxy) is 1. The summed E-state index contributed by atoms with van der Waals surface area (Å²) in [5.41, 5.74) is 5.14. The van der Waals surface area contributed by atoms with Crippen LogP contribution in [0.15, 0.2) is 71.8 Å². The number of hydrogen-bond acceptors (Lipinski definition) is 7. The second kappa shape index (κ2) is 12.2. The maximum Gasteiger partial charge on any atom is 0.225 e. The molecule has 4 aromatic rings. The van der Waals surface area contributed by atoms with Gasteiger partial charge in [0.2, 0.25) is 5.91 Å². The number of amides is 1. The lowest BCUT2D eigenvalue weighted by Crippen LogP contribution is -2.13. The van der Waals surface area contributed by atoms with Crippen molar-refractivity contribution in [3.05, 3.63) is 93.9 Å². The highest BCUT2D eigenvalue weighted by Crippen LogP contribution is 2.42. The van der Waals surface area contributed by atoms with E-state index in [0.717, 1.165) is 41.8 Å². The van der Waals surface area contributed by atoms with E-state index in [0.29, 0.717) is 32.8 Å². The van der Waals surface area contributed by atoms with Gasteiger partial charge in [-0.15, -0.1) is 23.1 Å². The van der Waals surface area contributed by atoms with Gasteiger partial charge in [0.1, 0.15) is 27.9 Å². The molecule has 194 valence electrons. The molecule has 0 aliphatic heterocycles. The minimum atomic E-state index is -0.151. The molecule has 0 spiro atoms. The Hall–Kier alpha value is -4.11. The Morgan fingerprint density at radius 1 is 1.10 bits per heavy atom. The summed E-state index contributed by atoms with van der Waals surface area (Å²) in [4.78, 5) is 18.7. The average Bonchev–Trinajstić information content (AvgIpc) is 3.33. The molecule has 0 bridgehead atoms. The van der Waals surface area contributed by atoms with Crippen LogP contribution in [-0.4, -0.2) is 23.8 Å². The third kappa shape index (κ3) is 5.98. The summed E-state index contributed by atoms with van der Waals surface area (Å²) in [6, 6.07) is 26.1. The van der Waals surface area contributed by atoms with Gasteiger partial charge in [0.05, 0.1) is 23.9 Å². The number of fused-ring (bicyclic) bond motifs is 1. The first-order valence-electron chi connectivity index (χ1n) is 12.7. The number of thioether (sulfide) groups is 1. The first-order valence-corrected chi connectivity index (χ1v) is 14.5. The van der Waals surface area contributed by atoms with Crippen LogP contribution in [0.5, 0.6) is 5.75 Å². The summed E-state index contributed by atoms with van der Waals surface area (Å²) in [6.07, 6.45) is 2.96. The molecule has 2 aromatic heterocycles. The van der Waals surface area contributed by atoms with Crippen LogP contribution in [0.1, 0.15) is 45.9 Å². The Morgan fingerprint density at radius 3 is 2.62 bits per heavy atom. The van der Waals surface area contributed by atoms with Gasteiger partial charge < -0.3 is 10.1 Å². The van der Waals surface area contributed by atoms with Crippen LogP contribution >= 0.6 is 23.1 Å². The van der Waals surface area contributed by atoms with Crippen molar-refractivity contribution < 1.29 is 9.53 Å².